The first-order valence-electron chi connectivity index (χ1n) is 9.35. The van der Waals surface area contributed by atoms with Crippen LogP contribution in [0.15, 0.2) is 18.2 Å². The zero-order valence-electron chi connectivity index (χ0n) is 15.9. The van der Waals surface area contributed by atoms with Gasteiger partial charge in [-0.05, 0) is 61.5 Å². The van der Waals surface area contributed by atoms with Crippen molar-refractivity contribution in [3.05, 3.63) is 44.4 Å². The molecular formula is C20H23Cl2N3O2S. The summed E-state index contributed by atoms with van der Waals surface area (Å²) < 4.78 is 4.35. The van der Waals surface area contributed by atoms with E-state index in [1.54, 1.807) is 0 Å². The minimum absolute atomic E-state index is 0.0706. The molecule has 1 aliphatic carbocycles. The van der Waals surface area contributed by atoms with Crippen LogP contribution in [0.5, 0.6) is 0 Å². The van der Waals surface area contributed by atoms with Crippen LogP contribution in [0.4, 0.5) is 5.69 Å². The maximum absolute atomic E-state index is 13.2. The topological polar surface area (TPSA) is 62.3 Å². The number of nitrogens with zero attached hydrogens (tertiary/aromatic N) is 2. The average Bonchev–Trinajstić information content (AvgIpc) is 2.98. The summed E-state index contributed by atoms with van der Waals surface area (Å²) in [4.78, 5) is 27.3. The fourth-order valence-corrected chi connectivity index (χ4v) is 4.56. The van der Waals surface area contributed by atoms with Gasteiger partial charge in [-0.1, -0.05) is 48.5 Å². The number of hydrogen-bond acceptors (Lipinski definition) is 4. The molecule has 8 heteroatoms. The molecule has 1 N–H and O–H groups in total. The lowest BCUT2D eigenvalue weighted by Crippen LogP contribution is -2.45. The Bertz CT molecular complexity index is 858. The van der Waals surface area contributed by atoms with Crippen LogP contribution in [0, 0.1) is 13.8 Å². The Morgan fingerprint density at radius 1 is 1.14 bits per heavy atom. The fourth-order valence-electron chi connectivity index (χ4n) is 3.57. The smallest absolute Gasteiger partial charge is 0.280 e. The summed E-state index contributed by atoms with van der Waals surface area (Å²) in [7, 11) is 0. The van der Waals surface area contributed by atoms with Gasteiger partial charge in [-0.3, -0.25) is 14.5 Å². The molecule has 1 fully saturated rings. The van der Waals surface area contributed by atoms with Crippen LogP contribution < -0.4 is 10.2 Å². The van der Waals surface area contributed by atoms with Crippen LogP contribution >= 0.6 is 34.7 Å². The summed E-state index contributed by atoms with van der Waals surface area (Å²) in [6.07, 6.45) is 5.42. The number of carbonyl (C=O) groups excluding carboxylic acids is 2. The van der Waals surface area contributed by atoms with Gasteiger partial charge in [0.25, 0.3) is 5.91 Å². The molecule has 5 nitrogen and oxygen atoms in total. The van der Waals surface area contributed by atoms with Gasteiger partial charge < -0.3 is 5.32 Å². The van der Waals surface area contributed by atoms with E-state index in [0.29, 0.717) is 5.69 Å². The Morgan fingerprint density at radius 2 is 1.79 bits per heavy atom. The van der Waals surface area contributed by atoms with E-state index >= 15 is 0 Å². The largest absolute Gasteiger partial charge is 0.352 e. The van der Waals surface area contributed by atoms with Crippen molar-refractivity contribution in [2.75, 3.05) is 11.4 Å². The summed E-state index contributed by atoms with van der Waals surface area (Å²) in [5.74, 6) is -0.617. The summed E-state index contributed by atoms with van der Waals surface area (Å²) in [6, 6.07) is 5.94. The number of hydrogen-bond donors (Lipinski definition) is 1. The van der Waals surface area contributed by atoms with Crippen molar-refractivity contribution in [2.45, 2.75) is 52.0 Å². The number of anilines is 1. The number of rotatable bonds is 5. The van der Waals surface area contributed by atoms with Crippen LogP contribution in [0.2, 0.25) is 9.36 Å². The van der Waals surface area contributed by atoms with Crippen LogP contribution in [0.3, 0.4) is 0 Å². The first-order chi connectivity index (χ1) is 13.3. The average molecular weight is 440 g/mol. The molecule has 150 valence electrons. The first kappa shape index (κ1) is 21.1. The molecule has 28 heavy (non-hydrogen) atoms. The number of carbonyl (C=O) groups is 2. The molecule has 0 radical (unpaired) electrons. The molecule has 3 rings (SSSR count). The van der Waals surface area contributed by atoms with E-state index in [1.165, 1.54) is 11.3 Å². The van der Waals surface area contributed by atoms with Crippen molar-refractivity contribution in [2.24, 2.45) is 0 Å². The van der Waals surface area contributed by atoms with Crippen molar-refractivity contribution in [3.63, 3.8) is 0 Å². The second-order valence-electron chi connectivity index (χ2n) is 7.26. The van der Waals surface area contributed by atoms with Crippen molar-refractivity contribution in [1.82, 2.24) is 9.69 Å². The molecule has 2 aromatic rings. The van der Waals surface area contributed by atoms with Gasteiger partial charge in [0.15, 0.2) is 5.69 Å². The monoisotopic (exact) mass is 439 g/mol. The molecule has 1 aromatic heterocycles. The molecule has 2 amide bonds. The number of amides is 2. The summed E-state index contributed by atoms with van der Waals surface area (Å²) >= 11 is 13.1. The highest BCUT2D eigenvalue weighted by molar-refractivity contribution is 7.11. The van der Waals surface area contributed by atoms with E-state index in [1.807, 2.05) is 32.0 Å². The first-order valence-corrected chi connectivity index (χ1v) is 10.9. The van der Waals surface area contributed by atoms with E-state index in [4.69, 9.17) is 23.2 Å². The van der Waals surface area contributed by atoms with Crippen LogP contribution in [0.1, 0.15) is 53.7 Å². The zero-order chi connectivity index (χ0) is 20.3. The third-order valence-corrected chi connectivity index (χ3v) is 6.45. The lowest BCUT2D eigenvalue weighted by Gasteiger charge is -2.26. The number of nitrogens with one attached hydrogen (secondary N) is 1. The van der Waals surface area contributed by atoms with Crippen molar-refractivity contribution in [3.8, 4) is 0 Å². The van der Waals surface area contributed by atoms with Crippen molar-refractivity contribution in [1.29, 1.82) is 0 Å². The van der Waals surface area contributed by atoms with Gasteiger partial charge in [0.2, 0.25) is 5.91 Å². The van der Waals surface area contributed by atoms with Gasteiger partial charge >= 0.3 is 0 Å². The maximum atomic E-state index is 13.2. The molecule has 0 atom stereocenters. The highest BCUT2D eigenvalue weighted by Crippen LogP contribution is 2.31. The van der Waals surface area contributed by atoms with Gasteiger partial charge in [-0.15, -0.1) is 0 Å². The molecule has 0 bridgehead atoms. The molecule has 1 saturated carbocycles. The Balaban J connectivity index is 1.86. The molecular weight excluding hydrogens is 417 g/mol. The van der Waals surface area contributed by atoms with Gasteiger partial charge in [0.05, 0.1) is 0 Å². The number of halogens is 2. The lowest BCUT2D eigenvalue weighted by molar-refractivity contribution is -0.120. The SMILES string of the molecule is Cc1cc(C)cc(N(CC(=O)NC2CCCCC2)C(=O)c2nsc(Cl)c2Cl)c1. The Morgan fingerprint density at radius 3 is 2.36 bits per heavy atom. The van der Waals surface area contributed by atoms with Gasteiger partial charge in [0, 0.05) is 11.7 Å². The molecule has 0 unspecified atom stereocenters. The Hall–Kier alpha value is -1.63. The lowest BCUT2D eigenvalue weighted by atomic mass is 9.95. The maximum Gasteiger partial charge on any atom is 0.280 e. The van der Waals surface area contributed by atoms with Gasteiger partial charge in [0.1, 0.15) is 15.9 Å². The third-order valence-electron chi connectivity index (χ3n) is 4.84. The van der Waals surface area contributed by atoms with E-state index in [-0.39, 0.29) is 33.5 Å². The zero-order valence-corrected chi connectivity index (χ0v) is 18.3. The summed E-state index contributed by atoms with van der Waals surface area (Å²) in [6.45, 7) is 3.81. The molecule has 1 aliphatic rings. The van der Waals surface area contributed by atoms with Crippen LogP contribution in [-0.4, -0.2) is 28.8 Å². The standard InChI is InChI=1S/C20H23Cl2N3O2S/c1-12-8-13(2)10-15(9-12)25(20(27)18-17(21)19(22)28-24-18)11-16(26)23-14-6-4-3-5-7-14/h8-10,14H,3-7,11H2,1-2H3,(H,23,26). The van der Waals surface area contributed by atoms with Gasteiger partial charge in [-0.2, -0.15) is 4.37 Å². The van der Waals surface area contributed by atoms with Crippen LogP contribution in [0.25, 0.3) is 0 Å². The summed E-state index contributed by atoms with van der Waals surface area (Å²) in [5.41, 5.74) is 2.72. The molecule has 1 heterocycles. The normalized spacial score (nSPS) is 14.7. The highest BCUT2D eigenvalue weighted by Gasteiger charge is 2.27. The number of aryl methyl sites for hydroxylation is 2. The van der Waals surface area contributed by atoms with Crippen molar-refractivity contribution >= 4 is 52.2 Å². The number of benzene rings is 1. The minimum atomic E-state index is -0.433. The second kappa shape index (κ2) is 9.25. The quantitative estimate of drug-likeness (QED) is 0.699. The fraction of sp³-hybridized carbons (Fsp3) is 0.450. The van der Waals surface area contributed by atoms with E-state index in [0.717, 1.165) is 48.3 Å². The predicted octanol–water partition coefficient (Wildman–Crippen LogP) is 5.16. The predicted molar refractivity (Wildman–Crippen MR) is 115 cm³/mol. The Kier molecular flexibility index (Phi) is 6.96. The molecule has 0 saturated heterocycles. The third kappa shape index (κ3) is 5.04. The van der Waals surface area contributed by atoms with E-state index in [2.05, 4.69) is 9.69 Å². The summed E-state index contributed by atoms with van der Waals surface area (Å²) in [5, 5.41) is 3.19. The highest BCUT2D eigenvalue weighted by atomic mass is 35.5. The minimum Gasteiger partial charge on any atom is -0.352 e. The van der Waals surface area contributed by atoms with Gasteiger partial charge in [-0.25, -0.2) is 0 Å². The van der Waals surface area contributed by atoms with Crippen molar-refractivity contribution < 1.29 is 9.59 Å². The molecule has 0 aliphatic heterocycles. The molecule has 0 spiro atoms. The Labute approximate surface area is 179 Å². The molecule has 1 aromatic carbocycles. The van der Waals surface area contributed by atoms with E-state index < -0.39 is 5.91 Å². The second-order valence-corrected chi connectivity index (χ2v) is 9.01. The van der Waals surface area contributed by atoms with E-state index in [9.17, 15) is 9.59 Å². The number of aromatic nitrogens is 1. The van der Waals surface area contributed by atoms with Crippen LogP contribution in [-0.2, 0) is 4.79 Å².